The summed E-state index contributed by atoms with van der Waals surface area (Å²) in [7, 11) is 0. The van der Waals surface area contributed by atoms with Crippen molar-refractivity contribution in [1.29, 1.82) is 0 Å². The fourth-order valence-electron chi connectivity index (χ4n) is 0.350. The lowest BCUT2D eigenvalue weighted by Crippen LogP contribution is -1.98. The maximum absolute atomic E-state index is 10.1. The van der Waals surface area contributed by atoms with Gasteiger partial charge in [0.15, 0.2) is 0 Å². The maximum Gasteiger partial charge on any atom is 0.338 e. The van der Waals surface area contributed by atoms with Gasteiger partial charge in [-0.3, -0.25) is 0 Å². The summed E-state index contributed by atoms with van der Waals surface area (Å²) in [6.45, 7) is 0. The number of nitrogens with zero attached hydrogens (tertiary/aromatic N) is 3. The first-order valence-electron chi connectivity index (χ1n) is 2.17. The number of carboxylic acids is 1. The molecular weight excluding hydrogens is 122 g/mol. The summed E-state index contributed by atoms with van der Waals surface area (Å²) in [4.78, 5) is 10.1. The third-order valence-corrected chi connectivity index (χ3v) is 0.744. The van der Waals surface area contributed by atoms with Crippen LogP contribution in [-0.2, 0) is 0 Å². The van der Waals surface area contributed by atoms with E-state index < -0.39 is 5.97 Å². The van der Waals surface area contributed by atoms with Crippen LogP contribution in [0.4, 0.5) is 0 Å². The average molecular weight is 125 g/mol. The normalized spacial score (nSPS) is 8.89. The summed E-state index contributed by atoms with van der Waals surface area (Å²) in [6, 6.07) is 0. The molecule has 0 fully saturated rings. The monoisotopic (exact) mass is 125 g/mol. The van der Waals surface area contributed by atoms with Crippen molar-refractivity contribution in [1.82, 2.24) is 15.4 Å². The van der Waals surface area contributed by atoms with Gasteiger partial charge in [-0.1, -0.05) is 0 Å². The largest absolute Gasteiger partial charge is 0.478 e. The van der Waals surface area contributed by atoms with Crippen LogP contribution in [0.5, 0.6) is 0 Å². The van der Waals surface area contributed by atoms with E-state index in [0.717, 1.165) is 12.4 Å². The van der Waals surface area contributed by atoms with Crippen LogP contribution in [0.1, 0.15) is 10.4 Å². The first kappa shape index (κ1) is 5.61. The molecule has 5 nitrogen and oxygen atoms in total. The number of carbonyl (C=O) groups is 1. The van der Waals surface area contributed by atoms with E-state index in [0.29, 0.717) is 0 Å². The number of rotatable bonds is 1. The molecule has 0 aromatic carbocycles. The van der Waals surface area contributed by atoms with E-state index in [2.05, 4.69) is 15.4 Å². The lowest BCUT2D eigenvalue weighted by Gasteiger charge is -1.85. The summed E-state index contributed by atoms with van der Waals surface area (Å²) in [5, 5.41) is 18.0. The van der Waals surface area contributed by atoms with Crippen LogP contribution in [0.15, 0.2) is 12.4 Å². The highest BCUT2D eigenvalue weighted by Gasteiger charge is 1.99. The molecule has 0 bridgehead atoms. The van der Waals surface area contributed by atoms with Gasteiger partial charge in [-0.15, -0.1) is 10.2 Å². The molecule has 1 rings (SSSR count). The minimum Gasteiger partial charge on any atom is -0.478 e. The Balaban J connectivity index is 2.98. The van der Waals surface area contributed by atoms with Crippen molar-refractivity contribution in [3.8, 4) is 0 Å². The van der Waals surface area contributed by atoms with Gasteiger partial charge in [0.05, 0.1) is 18.0 Å². The molecule has 0 unspecified atom stereocenters. The van der Waals surface area contributed by atoms with Gasteiger partial charge in [0.1, 0.15) is 0 Å². The lowest BCUT2D eigenvalue weighted by atomic mass is 10.4. The Kier molecular flexibility index (Phi) is 1.35. The highest BCUT2D eigenvalue weighted by molar-refractivity contribution is 5.86. The number of hydrogen-bond donors (Lipinski definition) is 1. The van der Waals surface area contributed by atoms with E-state index in [-0.39, 0.29) is 5.56 Å². The van der Waals surface area contributed by atoms with Crippen LogP contribution in [0.25, 0.3) is 0 Å². The molecule has 0 radical (unpaired) electrons. The highest BCUT2D eigenvalue weighted by atomic mass is 16.4. The summed E-state index contributed by atoms with van der Waals surface area (Å²) in [6.07, 6.45) is 2.27. The van der Waals surface area contributed by atoms with Gasteiger partial charge in [-0.05, 0) is 5.21 Å². The predicted octanol–water partition coefficient (Wildman–Crippen LogP) is -0.430. The van der Waals surface area contributed by atoms with E-state index in [4.69, 9.17) is 5.11 Å². The molecule has 0 saturated carbocycles. The Hall–Kier alpha value is -1.52. The summed E-state index contributed by atoms with van der Waals surface area (Å²) >= 11 is 0. The zero-order valence-electron chi connectivity index (χ0n) is 4.35. The highest BCUT2D eigenvalue weighted by Crippen LogP contribution is 1.88. The quantitative estimate of drug-likeness (QED) is 0.551. The average Bonchev–Trinajstić information content (AvgIpc) is 1.90. The first-order valence-corrected chi connectivity index (χ1v) is 2.17. The molecular formula is C4H3N3O2. The Bertz CT molecular complexity index is 210. The number of hydrogen-bond acceptors (Lipinski definition) is 4. The fourth-order valence-corrected chi connectivity index (χ4v) is 0.350. The fraction of sp³-hybridized carbons (Fsp3) is 0. The van der Waals surface area contributed by atoms with Crippen LogP contribution >= 0.6 is 0 Å². The summed E-state index contributed by atoms with van der Waals surface area (Å²) in [5.74, 6) is -1.04. The van der Waals surface area contributed by atoms with Gasteiger partial charge in [-0.25, -0.2) is 4.79 Å². The molecule has 1 heterocycles. The van der Waals surface area contributed by atoms with Crippen molar-refractivity contribution in [2.75, 3.05) is 0 Å². The van der Waals surface area contributed by atoms with Crippen LogP contribution < -0.4 is 0 Å². The number of aromatic carboxylic acids is 1. The second-order valence-electron chi connectivity index (χ2n) is 1.34. The molecule has 0 aliphatic rings. The van der Waals surface area contributed by atoms with E-state index in [9.17, 15) is 4.79 Å². The van der Waals surface area contributed by atoms with Crippen molar-refractivity contribution in [3.63, 3.8) is 0 Å². The van der Waals surface area contributed by atoms with Gasteiger partial charge in [0.25, 0.3) is 0 Å². The smallest absolute Gasteiger partial charge is 0.338 e. The summed E-state index contributed by atoms with van der Waals surface area (Å²) < 4.78 is 0. The summed E-state index contributed by atoms with van der Waals surface area (Å²) in [5.41, 5.74) is 0.0463. The maximum atomic E-state index is 10.1. The predicted molar refractivity (Wildman–Crippen MR) is 26.8 cm³/mol. The topological polar surface area (TPSA) is 76.0 Å². The minimum atomic E-state index is -1.04. The molecule has 1 N–H and O–H groups in total. The standard InChI is InChI=1S/C4H3N3O2/c8-4(9)3-1-5-7-6-2-3/h1-2H,(H,8,9). The SMILES string of the molecule is O=C(O)c1cnnnc1. The number of aromatic nitrogens is 3. The van der Waals surface area contributed by atoms with E-state index >= 15 is 0 Å². The van der Waals surface area contributed by atoms with Crippen molar-refractivity contribution in [2.45, 2.75) is 0 Å². The van der Waals surface area contributed by atoms with Crippen molar-refractivity contribution >= 4 is 5.97 Å². The second-order valence-corrected chi connectivity index (χ2v) is 1.34. The number of carboxylic acid groups (broad SMARTS) is 1. The van der Waals surface area contributed by atoms with Crippen LogP contribution in [-0.4, -0.2) is 26.5 Å². The Morgan fingerprint density at radius 2 is 2.00 bits per heavy atom. The van der Waals surface area contributed by atoms with Gasteiger partial charge >= 0.3 is 5.97 Å². The molecule has 9 heavy (non-hydrogen) atoms. The van der Waals surface area contributed by atoms with E-state index in [1.807, 2.05) is 0 Å². The molecule has 1 aromatic heterocycles. The van der Waals surface area contributed by atoms with Gasteiger partial charge in [-0.2, -0.15) is 0 Å². The third kappa shape index (κ3) is 1.18. The van der Waals surface area contributed by atoms with Gasteiger partial charge < -0.3 is 5.11 Å². The van der Waals surface area contributed by atoms with Crippen LogP contribution in [0, 0.1) is 0 Å². The molecule has 0 spiro atoms. The molecule has 46 valence electrons. The first-order chi connectivity index (χ1) is 4.30. The second kappa shape index (κ2) is 2.17. The van der Waals surface area contributed by atoms with E-state index in [1.54, 1.807) is 0 Å². The molecule has 0 aliphatic carbocycles. The zero-order chi connectivity index (χ0) is 6.69. The van der Waals surface area contributed by atoms with Crippen molar-refractivity contribution in [2.24, 2.45) is 0 Å². The Morgan fingerprint density at radius 1 is 1.44 bits per heavy atom. The molecule has 0 amide bonds. The molecule has 5 heteroatoms. The minimum absolute atomic E-state index is 0.0463. The zero-order valence-corrected chi connectivity index (χ0v) is 4.35. The van der Waals surface area contributed by atoms with Gasteiger partial charge in [0.2, 0.25) is 0 Å². The van der Waals surface area contributed by atoms with E-state index in [1.165, 1.54) is 0 Å². The third-order valence-electron chi connectivity index (χ3n) is 0.744. The van der Waals surface area contributed by atoms with Crippen LogP contribution in [0.3, 0.4) is 0 Å². The molecule has 0 saturated heterocycles. The lowest BCUT2D eigenvalue weighted by molar-refractivity contribution is 0.0695. The van der Waals surface area contributed by atoms with Crippen LogP contribution in [0.2, 0.25) is 0 Å². The molecule has 0 aliphatic heterocycles. The molecule has 0 atom stereocenters. The van der Waals surface area contributed by atoms with Gasteiger partial charge in [0, 0.05) is 0 Å². The Morgan fingerprint density at radius 3 is 2.33 bits per heavy atom. The van der Waals surface area contributed by atoms with Crippen molar-refractivity contribution in [3.05, 3.63) is 18.0 Å². The Labute approximate surface area is 50.3 Å². The van der Waals surface area contributed by atoms with Crippen molar-refractivity contribution < 1.29 is 9.90 Å². The molecule has 1 aromatic rings.